The molecular weight excluding hydrogens is 250 g/mol. The van der Waals surface area contributed by atoms with E-state index in [9.17, 15) is 0 Å². The minimum atomic E-state index is -0.260. The molecule has 0 aliphatic rings. The van der Waals surface area contributed by atoms with E-state index in [-0.39, 0.29) is 5.38 Å². The van der Waals surface area contributed by atoms with Crippen LogP contribution in [0.3, 0.4) is 0 Å². The number of nitrogens with zero attached hydrogens (tertiary/aromatic N) is 3. The van der Waals surface area contributed by atoms with Gasteiger partial charge in [-0.3, -0.25) is 4.98 Å². The molecule has 0 bridgehead atoms. The molecule has 90 valence electrons. The van der Waals surface area contributed by atoms with Crippen LogP contribution in [0.4, 0.5) is 0 Å². The maximum absolute atomic E-state index is 5.90. The van der Waals surface area contributed by atoms with E-state index in [0.717, 1.165) is 16.5 Å². The summed E-state index contributed by atoms with van der Waals surface area (Å²) in [6, 6.07) is 9.70. The molecule has 0 spiro atoms. The average Bonchev–Trinajstić information content (AvgIpc) is 2.88. The van der Waals surface area contributed by atoms with E-state index >= 15 is 0 Å². The molecule has 3 rings (SSSR count). The van der Waals surface area contributed by atoms with Gasteiger partial charge in [0.2, 0.25) is 0 Å². The second-order valence-electron chi connectivity index (χ2n) is 3.98. The van der Waals surface area contributed by atoms with E-state index < -0.39 is 0 Å². The molecule has 0 amide bonds. The average molecular weight is 260 g/mol. The zero-order valence-corrected chi connectivity index (χ0v) is 10.4. The molecule has 0 saturated heterocycles. The van der Waals surface area contributed by atoms with Gasteiger partial charge in [-0.05, 0) is 31.2 Å². The van der Waals surface area contributed by atoms with Crippen LogP contribution in [0.2, 0.25) is 0 Å². The number of alkyl halides is 1. The fourth-order valence-corrected chi connectivity index (χ4v) is 1.81. The molecule has 0 N–H and O–H groups in total. The summed E-state index contributed by atoms with van der Waals surface area (Å²) in [7, 11) is 0. The van der Waals surface area contributed by atoms with Crippen LogP contribution in [-0.4, -0.2) is 15.1 Å². The second-order valence-corrected chi connectivity index (χ2v) is 4.64. The smallest absolute Gasteiger partial charge is 0.257 e. The van der Waals surface area contributed by atoms with Gasteiger partial charge in [-0.2, -0.15) is 4.98 Å². The zero-order valence-electron chi connectivity index (χ0n) is 9.67. The third kappa shape index (κ3) is 1.95. The van der Waals surface area contributed by atoms with Crippen molar-refractivity contribution in [2.24, 2.45) is 0 Å². The first kappa shape index (κ1) is 11.2. The Hall–Kier alpha value is -1.94. The lowest BCUT2D eigenvalue weighted by molar-refractivity contribution is 0.422. The first-order valence-corrected chi connectivity index (χ1v) is 6.00. The number of aromatic nitrogens is 3. The van der Waals surface area contributed by atoms with Crippen molar-refractivity contribution in [1.29, 1.82) is 0 Å². The summed E-state index contributed by atoms with van der Waals surface area (Å²) < 4.78 is 5.19. The van der Waals surface area contributed by atoms with E-state index in [0.29, 0.717) is 11.7 Å². The van der Waals surface area contributed by atoms with E-state index in [1.807, 2.05) is 30.3 Å². The highest BCUT2D eigenvalue weighted by atomic mass is 35.5. The Morgan fingerprint density at radius 2 is 2.17 bits per heavy atom. The molecule has 0 aliphatic carbocycles. The summed E-state index contributed by atoms with van der Waals surface area (Å²) in [6.45, 7) is 1.81. The van der Waals surface area contributed by atoms with Crippen molar-refractivity contribution in [2.75, 3.05) is 0 Å². The van der Waals surface area contributed by atoms with Crippen LogP contribution in [-0.2, 0) is 0 Å². The van der Waals surface area contributed by atoms with Crippen LogP contribution in [0.1, 0.15) is 18.1 Å². The fourth-order valence-electron chi connectivity index (χ4n) is 1.72. The maximum atomic E-state index is 5.90. The van der Waals surface area contributed by atoms with Crippen LogP contribution in [0.25, 0.3) is 22.4 Å². The summed E-state index contributed by atoms with van der Waals surface area (Å²) in [4.78, 5) is 8.52. The minimum Gasteiger partial charge on any atom is -0.334 e. The highest BCUT2D eigenvalue weighted by molar-refractivity contribution is 6.20. The Labute approximate surface area is 109 Å². The van der Waals surface area contributed by atoms with E-state index in [2.05, 4.69) is 15.1 Å². The number of hydrogen-bond acceptors (Lipinski definition) is 4. The molecule has 2 aromatic heterocycles. The lowest BCUT2D eigenvalue weighted by Crippen LogP contribution is -1.87. The SMILES string of the molecule is CC(Cl)c1noc(-c2ccc3ncccc3c2)n1. The van der Waals surface area contributed by atoms with Crippen molar-refractivity contribution in [1.82, 2.24) is 15.1 Å². The van der Waals surface area contributed by atoms with Gasteiger partial charge in [-0.1, -0.05) is 11.2 Å². The Balaban J connectivity index is 2.07. The Bertz CT molecular complexity index is 693. The van der Waals surface area contributed by atoms with Gasteiger partial charge >= 0.3 is 0 Å². The van der Waals surface area contributed by atoms with Gasteiger partial charge in [0, 0.05) is 17.1 Å². The topological polar surface area (TPSA) is 51.8 Å². The molecule has 1 atom stereocenters. The van der Waals surface area contributed by atoms with Gasteiger partial charge in [-0.25, -0.2) is 0 Å². The zero-order chi connectivity index (χ0) is 12.5. The third-order valence-electron chi connectivity index (χ3n) is 2.65. The Morgan fingerprint density at radius 3 is 2.94 bits per heavy atom. The monoisotopic (exact) mass is 259 g/mol. The summed E-state index contributed by atoms with van der Waals surface area (Å²) >= 11 is 5.90. The Morgan fingerprint density at radius 1 is 1.28 bits per heavy atom. The van der Waals surface area contributed by atoms with Crippen molar-refractivity contribution in [2.45, 2.75) is 12.3 Å². The predicted molar refractivity (Wildman–Crippen MR) is 69.3 cm³/mol. The largest absolute Gasteiger partial charge is 0.334 e. The number of pyridine rings is 1. The lowest BCUT2D eigenvalue weighted by Gasteiger charge is -1.98. The standard InChI is InChI=1S/C13H10ClN3O/c1-8(14)12-16-13(18-17-12)10-4-5-11-9(7-10)3-2-6-15-11/h2-8H,1H3. The predicted octanol–water partition coefficient (Wildman–Crippen LogP) is 3.58. The third-order valence-corrected chi connectivity index (χ3v) is 2.84. The van der Waals surface area contributed by atoms with Gasteiger partial charge in [0.25, 0.3) is 5.89 Å². The van der Waals surface area contributed by atoms with Crippen molar-refractivity contribution >= 4 is 22.5 Å². The highest BCUT2D eigenvalue weighted by Crippen LogP contribution is 2.24. The molecule has 18 heavy (non-hydrogen) atoms. The van der Waals surface area contributed by atoms with Crippen LogP contribution in [0.15, 0.2) is 41.1 Å². The lowest BCUT2D eigenvalue weighted by atomic mass is 10.1. The van der Waals surface area contributed by atoms with Crippen LogP contribution >= 0.6 is 11.6 Å². The van der Waals surface area contributed by atoms with Crippen molar-refractivity contribution in [3.63, 3.8) is 0 Å². The highest BCUT2D eigenvalue weighted by Gasteiger charge is 2.12. The number of fused-ring (bicyclic) bond motifs is 1. The first-order valence-electron chi connectivity index (χ1n) is 5.57. The van der Waals surface area contributed by atoms with Gasteiger partial charge in [0.05, 0.1) is 10.9 Å². The normalized spacial score (nSPS) is 12.8. The van der Waals surface area contributed by atoms with Gasteiger partial charge in [0.15, 0.2) is 5.82 Å². The molecule has 3 aromatic rings. The fraction of sp³-hybridized carbons (Fsp3) is 0.154. The summed E-state index contributed by atoms with van der Waals surface area (Å²) in [6.07, 6.45) is 1.77. The quantitative estimate of drug-likeness (QED) is 0.660. The maximum Gasteiger partial charge on any atom is 0.257 e. The number of halogens is 1. The van der Waals surface area contributed by atoms with Crippen LogP contribution in [0, 0.1) is 0 Å². The summed E-state index contributed by atoms with van der Waals surface area (Å²) in [5.74, 6) is 0.973. The molecule has 1 aromatic carbocycles. The molecular formula is C13H10ClN3O. The minimum absolute atomic E-state index is 0.260. The van der Waals surface area contributed by atoms with Crippen LogP contribution in [0.5, 0.6) is 0 Å². The van der Waals surface area contributed by atoms with Crippen LogP contribution < -0.4 is 0 Å². The molecule has 0 saturated carbocycles. The molecule has 0 aliphatic heterocycles. The number of benzene rings is 1. The van der Waals surface area contributed by atoms with Gasteiger partial charge in [-0.15, -0.1) is 11.6 Å². The molecule has 4 nitrogen and oxygen atoms in total. The van der Waals surface area contributed by atoms with E-state index in [1.54, 1.807) is 13.1 Å². The molecule has 5 heteroatoms. The van der Waals surface area contributed by atoms with Gasteiger partial charge < -0.3 is 4.52 Å². The van der Waals surface area contributed by atoms with E-state index in [4.69, 9.17) is 16.1 Å². The van der Waals surface area contributed by atoms with E-state index in [1.165, 1.54) is 0 Å². The molecule has 2 heterocycles. The first-order chi connectivity index (χ1) is 8.74. The number of rotatable bonds is 2. The summed E-state index contributed by atoms with van der Waals surface area (Å²) in [5.41, 5.74) is 1.80. The van der Waals surface area contributed by atoms with Crippen molar-refractivity contribution < 1.29 is 4.52 Å². The van der Waals surface area contributed by atoms with Gasteiger partial charge in [0.1, 0.15) is 0 Å². The van der Waals surface area contributed by atoms with Crippen molar-refractivity contribution in [3.05, 3.63) is 42.4 Å². The van der Waals surface area contributed by atoms with Crippen molar-refractivity contribution in [3.8, 4) is 11.5 Å². The number of hydrogen-bond donors (Lipinski definition) is 0. The molecule has 0 fully saturated rings. The molecule has 1 unspecified atom stereocenters. The molecule has 0 radical (unpaired) electrons. The second kappa shape index (κ2) is 4.38. The Kier molecular flexibility index (Phi) is 2.72. The summed E-state index contributed by atoms with van der Waals surface area (Å²) in [5, 5.41) is 4.61.